The molecule has 1 spiro atoms. The van der Waals surface area contributed by atoms with Gasteiger partial charge in [0.1, 0.15) is 17.0 Å². The van der Waals surface area contributed by atoms with Gasteiger partial charge in [0.2, 0.25) is 0 Å². The Balaban J connectivity index is 1.40. The number of rotatable bonds is 4. The third kappa shape index (κ3) is 5.77. The van der Waals surface area contributed by atoms with Crippen molar-refractivity contribution in [1.82, 2.24) is 9.80 Å². The maximum Gasteiger partial charge on any atom is 0.534 e. The minimum Gasteiger partial charge on any atom is -0.444 e. The monoisotopic (exact) mass is 562 g/mol. The molecule has 4 rings (SSSR count). The number of hydrogen-bond acceptors (Lipinski definition) is 7. The van der Waals surface area contributed by atoms with Crippen molar-refractivity contribution in [3.8, 4) is 5.75 Å². The molecule has 0 N–H and O–H groups in total. The molecule has 12 heteroatoms. The van der Waals surface area contributed by atoms with Gasteiger partial charge in [-0.25, -0.2) is 4.79 Å². The smallest absolute Gasteiger partial charge is 0.444 e. The molecule has 1 amide bonds. The van der Waals surface area contributed by atoms with Crippen molar-refractivity contribution in [1.29, 1.82) is 0 Å². The summed E-state index contributed by atoms with van der Waals surface area (Å²) in [5, 5.41) is 0. The van der Waals surface area contributed by atoms with Crippen LogP contribution < -0.4 is 4.18 Å². The third-order valence-corrected chi connectivity index (χ3v) is 8.84. The summed E-state index contributed by atoms with van der Waals surface area (Å²) in [5.74, 6) is -0.339. The fourth-order valence-corrected chi connectivity index (χ4v) is 6.15. The highest BCUT2D eigenvalue weighted by atomic mass is 32.2. The Labute approximate surface area is 222 Å². The van der Waals surface area contributed by atoms with Gasteiger partial charge in [-0.3, -0.25) is 4.90 Å². The van der Waals surface area contributed by atoms with Crippen LogP contribution in [-0.4, -0.2) is 79.8 Å². The summed E-state index contributed by atoms with van der Waals surface area (Å²) < 4.78 is 79.3. The average Bonchev–Trinajstić information content (AvgIpc) is 3.22. The third-order valence-electron chi connectivity index (χ3n) is 7.89. The lowest BCUT2D eigenvalue weighted by molar-refractivity contribution is -0.109. The predicted molar refractivity (Wildman–Crippen MR) is 135 cm³/mol. The minimum absolute atomic E-state index is 0.134. The topological polar surface area (TPSA) is 85.4 Å². The van der Waals surface area contributed by atoms with Crippen LogP contribution >= 0.6 is 0 Å². The highest BCUT2D eigenvalue weighted by Gasteiger charge is 2.53. The van der Waals surface area contributed by atoms with Crippen LogP contribution in [0.2, 0.25) is 0 Å². The largest absolute Gasteiger partial charge is 0.534 e. The summed E-state index contributed by atoms with van der Waals surface area (Å²) in [6.07, 6.45) is 1.75. The molecule has 214 valence electrons. The van der Waals surface area contributed by atoms with E-state index in [0.717, 1.165) is 12.0 Å². The van der Waals surface area contributed by atoms with E-state index in [0.29, 0.717) is 62.3 Å². The van der Waals surface area contributed by atoms with Gasteiger partial charge in [-0.05, 0) is 102 Å². The fourth-order valence-electron chi connectivity index (χ4n) is 5.62. The standard InChI is InChI=1S/C26H37F3N2O6S/c1-16-11-21(22(18(3)17(16)2)37-38(33,34)26(27,28)29)19-7-9-30(10-8-19)20-12-25(35-13-20)14-31(15-25)23(32)36-24(4,5)6/h11,19-20H,7-10,12-15H2,1-6H3/t20-/m0/s1. The Kier molecular flexibility index (Phi) is 7.50. The zero-order chi connectivity index (χ0) is 28.3. The van der Waals surface area contributed by atoms with Crippen LogP contribution in [0, 0.1) is 20.8 Å². The molecule has 0 aromatic heterocycles. The Bertz CT molecular complexity index is 1180. The Morgan fingerprint density at radius 3 is 2.24 bits per heavy atom. The quantitative estimate of drug-likeness (QED) is 0.385. The predicted octanol–water partition coefficient (Wildman–Crippen LogP) is 4.80. The lowest BCUT2D eigenvalue weighted by Gasteiger charge is -2.47. The number of halogens is 3. The van der Waals surface area contributed by atoms with Gasteiger partial charge in [-0.15, -0.1) is 0 Å². The first-order valence-corrected chi connectivity index (χ1v) is 14.3. The van der Waals surface area contributed by atoms with Crippen LogP contribution in [0.15, 0.2) is 6.07 Å². The molecular formula is C26H37F3N2O6S. The average molecular weight is 563 g/mol. The van der Waals surface area contributed by atoms with Gasteiger partial charge in [-0.1, -0.05) is 6.07 Å². The van der Waals surface area contributed by atoms with Gasteiger partial charge in [0.05, 0.1) is 19.7 Å². The second-order valence-electron chi connectivity index (χ2n) is 11.8. The molecule has 0 radical (unpaired) electrons. The van der Waals surface area contributed by atoms with Gasteiger partial charge < -0.3 is 18.6 Å². The molecule has 3 aliphatic heterocycles. The molecule has 3 heterocycles. The molecule has 3 saturated heterocycles. The lowest BCUT2D eigenvalue weighted by Crippen LogP contribution is -2.64. The van der Waals surface area contributed by atoms with E-state index in [1.807, 2.05) is 27.7 Å². The van der Waals surface area contributed by atoms with E-state index in [1.54, 1.807) is 24.8 Å². The van der Waals surface area contributed by atoms with Crippen molar-refractivity contribution in [2.75, 3.05) is 32.8 Å². The van der Waals surface area contributed by atoms with E-state index in [2.05, 4.69) is 4.90 Å². The van der Waals surface area contributed by atoms with Crippen molar-refractivity contribution >= 4 is 16.2 Å². The summed E-state index contributed by atoms with van der Waals surface area (Å²) >= 11 is 0. The van der Waals surface area contributed by atoms with Gasteiger partial charge in [0.15, 0.2) is 0 Å². The first kappa shape index (κ1) is 28.9. The summed E-state index contributed by atoms with van der Waals surface area (Å²) in [6, 6.07) is 1.94. The van der Waals surface area contributed by atoms with Gasteiger partial charge in [0.25, 0.3) is 0 Å². The number of carbonyl (C=O) groups is 1. The zero-order valence-corrected chi connectivity index (χ0v) is 23.6. The molecule has 0 bridgehead atoms. The van der Waals surface area contributed by atoms with Crippen LogP contribution in [0.1, 0.15) is 68.2 Å². The van der Waals surface area contributed by atoms with E-state index in [1.165, 1.54) is 0 Å². The molecule has 0 aliphatic carbocycles. The molecule has 0 saturated carbocycles. The van der Waals surface area contributed by atoms with Crippen molar-refractivity contribution in [2.45, 2.75) is 89.5 Å². The van der Waals surface area contributed by atoms with E-state index < -0.39 is 21.2 Å². The zero-order valence-electron chi connectivity index (χ0n) is 22.8. The molecular weight excluding hydrogens is 525 g/mol. The van der Waals surface area contributed by atoms with Crippen molar-refractivity contribution in [2.24, 2.45) is 0 Å². The van der Waals surface area contributed by atoms with Crippen molar-refractivity contribution < 1.29 is 40.0 Å². The van der Waals surface area contributed by atoms with Crippen LogP contribution in [-0.2, 0) is 19.6 Å². The number of carbonyl (C=O) groups excluding carboxylic acids is 1. The molecule has 3 aliphatic rings. The van der Waals surface area contributed by atoms with Crippen LogP contribution in [0.3, 0.4) is 0 Å². The summed E-state index contributed by atoms with van der Waals surface area (Å²) in [4.78, 5) is 16.3. The maximum absolute atomic E-state index is 13.1. The number of alkyl halides is 3. The summed E-state index contributed by atoms with van der Waals surface area (Å²) in [6.45, 7) is 13.6. The van der Waals surface area contributed by atoms with E-state index in [-0.39, 0.29) is 29.4 Å². The Morgan fingerprint density at radius 2 is 1.68 bits per heavy atom. The van der Waals surface area contributed by atoms with Gasteiger partial charge in [-0.2, -0.15) is 21.6 Å². The molecule has 1 aromatic carbocycles. The second-order valence-corrected chi connectivity index (χ2v) is 13.4. The molecule has 0 unspecified atom stereocenters. The normalized spacial score (nSPS) is 23.0. The molecule has 1 aromatic rings. The number of nitrogens with zero attached hydrogens (tertiary/aromatic N) is 2. The highest BCUT2D eigenvalue weighted by molar-refractivity contribution is 7.88. The lowest BCUT2D eigenvalue weighted by atomic mass is 9.84. The minimum atomic E-state index is -5.78. The number of hydrogen-bond donors (Lipinski definition) is 0. The summed E-state index contributed by atoms with van der Waals surface area (Å²) in [7, 11) is -5.78. The van der Waals surface area contributed by atoms with Crippen LogP contribution in [0.25, 0.3) is 0 Å². The van der Waals surface area contributed by atoms with Gasteiger partial charge in [0, 0.05) is 6.04 Å². The Hall–Kier alpha value is -2.05. The fraction of sp³-hybridized carbons (Fsp3) is 0.731. The highest BCUT2D eigenvalue weighted by Crippen LogP contribution is 2.43. The van der Waals surface area contributed by atoms with E-state index in [9.17, 15) is 26.4 Å². The number of aryl methyl sites for hydroxylation is 1. The number of piperidine rings is 1. The first-order chi connectivity index (χ1) is 17.4. The number of ether oxygens (including phenoxy) is 2. The van der Waals surface area contributed by atoms with Crippen molar-refractivity contribution in [3.05, 3.63) is 28.3 Å². The van der Waals surface area contributed by atoms with Crippen molar-refractivity contribution in [3.63, 3.8) is 0 Å². The number of likely N-dealkylation sites (tertiary alicyclic amines) is 2. The van der Waals surface area contributed by atoms with E-state index in [4.69, 9.17) is 13.7 Å². The molecule has 38 heavy (non-hydrogen) atoms. The summed E-state index contributed by atoms with van der Waals surface area (Å²) in [5.41, 5.74) is -3.94. The Morgan fingerprint density at radius 1 is 1.08 bits per heavy atom. The van der Waals surface area contributed by atoms with E-state index >= 15 is 0 Å². The molecule has 1 atom stereocenters. The maximum atomic E-state index is 13.1. The van der Waals surface area contributed by atoms with Gasteiger partial charge >= 0.3 is 21.7 Å². The SMILES string of the molecule is Cc1cc(C2CCN([C@@H]3COC4(C3)CN(C(=O)OC(C)(C)C)C4)CC2)c(OS(=O)(=O)C(F)(F)F)c(C)c1C. The molecule has 8 nitrogen and oxygen atoms in total. The number of amides is 1. The van der Waals surface area contributed by atoms with Crippen LogP contribution in [0.4, 0.5) is 18.0 Å². The number of benzene rings is 1. The molecule has 3 fully saturated rings. The second kappa shape index (κ2) is 9.85. The first-order valence-electron chi connectivity index (χ1n) is 12.9. The van der Waals surface area contributed by atoms with Crippen LogP contribution in [0.5, 0.6) is 5.75 Å².